The van der Waals surface area contributed by atoms with Gasteiger partial charge in [-0.2, -0.15) is 0 Å². The summed E-state index contributed by atoms with van der Waals surface area (Å²) in [6, 6.07) is 79.2. The quantitative estimate of drug-likeness (QED) is 0.0905. The van der Waals surface area contributed by atoms with Crippen LogP contribution in [0.4, 0.5) is 0 Å². The molecule has 0 saturated heterocycles. The molecule has 11 aromatic carbocycles. The molecule has 1 unspecified atom stereocenters. The monoisotopic (exact) mass is 925 g/mol. The minimum absolute atomic E-state index is 0.0268. The van der Waals surface area contributed by atoms with Crippen LogP contribution >= 0.6 is 11.3 Å². The summed E-state index contributed by atoms with van der Waals surface area (Å²) in [5.41, 5.74) is 13.8. The molecule has 1 nitrogen and oxygen atoms in total. The Hall–Kier alpha value is -8.43. The van der Waals surface area contributed by atoms with Crippen molar-refractivity contribution in [2.24, 2.45) is 4.99 Å². The Bertz CT molecular complexity index is 4110. The Kier molecular flexibility index (Phi) is 11.4. The normalized spacial score (nSPS) is 13.0. The minimum Gasteiger partial charge on any atom is -0.272 e. The molecule has 338 valence electrons. The molecule has 0 saturated carbocycles. The number of rotatable bonds is 11. The van der Waals surface area contributed by atoms with Crippen LogP contribution in [0.1, 0.15) is 52.3 Å². The zero-order valence-electron chi connectivity index (χ0n) is 39.9. The molecule has 1 aromatic heterocycles. The summed E-state index contributed by atoms with van der Waals surface area (Å²) in [6.07, 6.45) is 6.28. The van der Waals surface area contributed by atoms with Gasteiger partial charge in [-0.3, -0.25) is 4.99 Å². The van der Waals surface area contributed by atoms with Gasteiger partial charge in [-0.15, -0.1) is 11.3 Å². The second kappa shape index (κ2) is 18.5. The van der Waals surface area contributed by atoms with Crippen LogP contribution in [0.25, 0.3) is 91.1 Å². The van der Waals surface area contributed by atoms with Crippen LogP contribution in [0.3, 0.4) is 0 Å². The van der Waals surface area contributed by atoms with Crippen molar-refractivity contribution in [3.05, 3.63) is 283 Å². The van der Waals surface area contributed by atoms with E-state index in [1.807, 2.05) is 17.4 Å². The van der Waals surface area contributed by atoms with E-state index in [1.54, 1.807) is 0 Å². The first kappa shape index (κ1) is 43.8. The van der Waals surface area contributed by atoms with Crippen LogP contribution in [-0.2, 0) is 0 Å². The lowest BCUT2D eigenvalue weighted by molar-refractivity contribution is 0.916. The lowest BCUT2D eigenvalue weighted by Gasteiger charge is -2.23. The highest BCUT2D eigenvalue weighted by molar-refractivity contribution is 7.27. The van der Waals surface area contributed by atoms with Crippen molar-refractivity contribution in [1.29, 1.82) is 0 Å². The number of hydrogen-bond donors (Lipinski definition) is 0. The molecule has 12 aromatic rings. The van der Waals surface area contributed by atoms with Crippen molar-refractivity contribution in [3.8, 4) is 22.3 Å². The maximum absolute atomic E-state index is 5.47. The summed E-state index contributed by atoms with van der Waals surface area (Å²) in [5, 5.41) is 12.5. The predicted molar refractivity (Wildman–Crippen MR) is 309 cm³/mol. The van der Waals surface area contributed by atoms with E-state index in [1.165, 1.54) is 96.6 Å². The van der Waals surface area contributed by atoms with Crippen molar-refractivity contribution in [2.45, 2.75) is 25.8 Å². The first-order valence-electron chi connectivity index (χ1n) is 24.5. The Morgan fingerprint density at radius 2 is 1.10 bits per heavy atom. The standard InChI is InChI=1S/C69H51NS/c1-5-65(52-31-28-49(29-32-52)47-17-7-6-8-18-47)70-66(56-33-30-48-19-9-10-23-54(48)40-56)38-27-44(2)57-42-63(69-64(43-57)61-37-35-51-21-14-16-26-59(51)68(61)71-69)46(4)67-58-25-15-13-20-50(58)34-36-60(67)62-41-55-24-12-11-22-53(55)39-45(62)3/h5-43,46,66H,1-2H2,3-4H3/b38-27+,70-65+/t46?,66-/m0/s1. The fraction of sp³-hybridized carbons (Fsp3) is 0.0580. The Balaban J connectivity index is 1.02. The molecule has 0 aliphatic carbocycles. The van der Waals surface area contributed by atoms with Gasteiger partial charge in [0.2, 0.25) is 0 Å². The summed E-state index contributed by atoms with van der Waals surface area (Å²) >= 11 is 1.92. The maximum Gasteiger partial charge on any atom is 0.0941 e. The average Bonchev–Trinajstić information content (AvgIpc) is 3.81. The van der Waals surface area contributed by atoms with E-state index >= 15 is 0 Å². The van der Waals surface area contributed by atoms with E-state index in [-0.39, 0.29) is 12.0 Å². The highest BCUT2D eigenvalue weighted by Gasteiger charge is 2.24. The first-order chi connectivity index (χ1) is 34.9. The molecule has 0 N–H and O–H groups in total. The molecule has 71 heavy (non-hydrogen) atoms. The molecular weight excluding hydrogens is 875 g/mol. The van der Waals surface area contributed by atoms with Crippen LogP contribution in [0.15, 0.2) is 255 Å². The molecule has 2 heteroatoms. The molecular formula is C69H51NS. The third-order valence-electron chi connectivity index (χ3n) is 14.5. The maximum atomic E-state index is 5.47. The fourth-order valence-corrected chi connectivity index (χ4v) is 12.1. The third kappa shape index (κ3) is 8.17. The van der Waals surface area contributed by atoms with E-state index in [2.05, 4.69) is 251 Å². The Morgan fingerprint density at radius 1 is 0.493 bits per heavy atom. The van der Waals surface area contributed by atoms with Gasteiger partial charge in [-0.25, -0.2) is 0 Å². The lowest BCUT2D eigenvalue weighted by atomic mass is 9.81. The van der Waals surface area contributed by atoms with Crippen LogP contribution in [0.2, 0.25) is 0 Å². The van der Waals surface area contributed by atoms with Gasteiger partial charge in [0.05, 0.1) is 11.8 Å². The summed E-state index contributed by atoms with van der Waals surface area (Å²) in [6.45, 7) is 13.8. The van der Waals surface area contributed by atoms with E-state index in [9.17, 15) is 0 Å². The van der Waals surface area contributed by atoms with Crippen molar-refractivity contribution in [2.75, 3.05) is 0 Å². The lowest BCUT2D eigenvalue weighted by Crippen LogP contribution is -2.03. The van der Waals surface area contributed by atoms with Gasteiger partial charge in [0.25, 0.3) is 0 Å². The SMILES string of the molecule is C=C/C(=N\[C@@H](/C=C/C(=C)c1cc(C(C)c2c(-c3cc4ccccc4cc3C)ccc3ccccc23)c2sc3c4ccccc4ccc3c2c1)c1ccc2ccccc2c1)c1ccc(-c2ccccc2)cc1. The minimum atomic E-state index is -0.308. The first-order valence-corrected chi connectivity index (χ1v) is 25.3. The average molecular weight is 926 g/mol. The van der Waals surface area contributed by atoms with Gasteiger partial charge in [-0.1, -0.05) is 226 Å². The summed E-state index contributed by atoms with van der Waals surface area (Å²) in [7, 11) is 0. The molecule has 0 spiro atoms. The molecule has 12 rings (SSSR count). The van der Waals surface area contributed by atoms with E-state index in [4.69, 9.17) is 11.6 Å². The van der Waals surface area contributed by atoms with Crippen molar-refractivity contribution >= 4 is 85.9 Å². The third-order valence-corrected chi connectivity index (χ3v) is 15.8. The Labute approximate surface area is 419 Å². The van der Waals surface area contributed by atoms with Crippen LogP contribution in [-0.4, -0.2) is 5.71 Å². The molecule has 0 bridgehead atoms. The topological polar surface area (TPSA) is 12.4 Å². The second-order valence-electron chi connectivity index (χ2n) is 18.8. The number of nitrogens with zero attached hydrogens (tertiary/aromatic N) is 1. The van der Waals surface area contributed by atoms with Crippen LogP contribution < -0.4 is 0 Å². The molecule has 0 aliphatic rings. The number of thiophene rings is 1. The molecule has 1 heterocycles. The zero-order valence-corrected chi connectivity index (χ0v) is 40.8. The molecule has 0 amide bonds. The number of allylic oxidation sites excluding steroid dienone is 3. The van der Waals surface area contributed by atoms with Gasteiger partial charge in [0.1, 0.15) is 0 Å². The van der Waals surface area contributed by atoms with E-state index < -0.39 is 0 Å². The van der Waals surface area contributed by atoms with E-state index in [0.717, 1.165) is 33.5 Å². The predicted octanol–water partition coefficient (Wildman–Crippen LogP) is 19.4. The van der Waals surface area contributed by atoms with Gasteiger partial charge in [-0.05, 0) is 142 Å². The summed E-state index contributed by atoms with van der Waals surface area (Å²) in [4.78, 5) is 5.47. The largest absolute Gasteiger partial charge is 0.272 e. The second-order valence-corrected chi connectivity index (χ2v) is 19.8. The zero-order chi connectivity index (χ0) is 48.0. The highest BCUT2D eigenvalue weighted by Crippen LogP contribution is 2.47. The number of fused-ring (bicyclic) bond motifs is 8. The smallest absolute Gasteiger partial charge is 0.0941 e. The number of benzene rings is 11. The molecule has 0 radical (unpaired) electrons. The highest BCUT2D eigenvalue weighted by atomic mass is 32.1. The number of aryl methyl sites for hydroxylation is 1. The number of aliphatic imine (C=N–C) groups is 1. The molecule has 0 aliphatic heterocycles. The fourth-order valence-electron chi connectivity index (χ4n) is 10.7. The summed E-state index contributed by atoms with van der Waals surface area (Å²) in [5.74, 6) is 0.0268. The van der Waals surface area contributed by atoms with Crippen LogP contribution in [0, 0.1) is 6.92 Å². The molecule has 0 fully saturated rings. The van der Waals surface area contributed by atoms with E-state index in [0.29, 0.717) is 0 Å². The van der Waals surface area contributed by atoms with Crippen molar-refractivity contribution < 1.29 is 0 Å². The van der Waals surface area contributed by atoms with Gasteiger partial charge in [0.15, 0.2) is 0 Å². The number of hydrogen-bond acceptors (Lipinski definition) is 2. The van der Waals surface area contributed by atoms with Crippen LogP contribution in [0.5, 0.6) is 0 Å². The van der Waals surface area contributed by atoms with Gasteiger partial charge in [0, 0.05) is 26.1 Å². The van der Waals surface area contributed by atoms with Crippen molar-refractivity contribution in [3.63, 3.8) is 0 Å². The molecule has 2 atom stereocenters. The van der Waals surface area contributed by atoms with Crippen molar-refractivity contribution in [1.82, 2.24) is 0 Å². The Morgan fingerprint density at radius 3 is 1.85 bits per heavy atom. The van der Waals surface area contributed by atoms with Gasteiger partial charge < -0.3 is 0 Å². The summed E-state index contributed by atoms with van der Waals surface area (Å²) < 4.78 is 2.62. The van der Waals surface area contributed by atoms with Gasteiger partial charge >= 0.3 is 0 Å².